The van der Waals surface area contributed by atoms with E-state index in [1.807, 2.05) is 44.4 Å². The molecule has 1 aromatic carbocycles. The van der Waals surface area contributed by atoms with Crippen LogP contribution in [0.25, 0.3) is 10.9 Å². The molecule has 0 N–H and O–H groups in total. The molecule has 30 heavy (non-hydrogen) atoms. The van der Waals surface area contributed by atoms with Crippen molar-refractivity contribution in [1.29, 1.82) is 0 Å². The van der Waals surface area contributed by atoms with Crippen LogP contribution in [0.1, 0.15) is 50.0 Å². The molecule has 0 unspecified atom stereocenters. The average molecular weight is 415 g/mol. The van der Waals surface area contributed by atoms with Crippen molar-refractivity contribution in [3.63, 3.8) is 0 Å². The fourth-order valence-corrected chi connectivity index (χ4v) is 3.77. The Bertz CT molecular complexity index is 1020. The molecule has 7 nitrogen and oxygen atoms in total. The van der Waals surface area contributed by atoms with Gasteiger partial charge in [0.15, 0.2) is 0 Å². The average Bonchev–Trinajstić information content (AvgIpc) is 3.11. The van der Waals surface area contributed by atoms with Gasteiger partial charge in [0.05, 0.1) is 12.1 Å². The number of carbonyl (C=O) groups is 2. The highest BCUT2D eigenvalue weighted by atomic mass is 16.6. The van der Waals surface area contributed by atoms with Crippen LogP contribution >= 0.6 is 0 Å². The molecule has 1 aromatic heterocycles. The fourth-order valence-electron chi connectivity index (χ4n) is 3.77. The number of hydrogen-bond donors (Lipinski definition) is 0. The molecule has 1 atom stereocenters. The van der Waals surface area contributed by atoms with Gasteiger partial charge in [0.25, 0.3) is 0 Å². The van der Waals surface area contributed by atoms with E-state index in [4.69, 9.17) is 9.47 Å². The number of carbonyl (C=O) groups excluding carboxylic acids is 2. The van der Waals surface area contributed by atoms with Gasteiger partial charge < -0.3 is 18.9 Å². The quantitative estimate of drug-likeness (QED) is 0.712. The summed E-state index contributed by atoms with van der Waals surface area (Å²) in [5.74, 6) is -0.416. The third-order valence-corrected chi connectivity index (χ3v) is 5.12. The molecule has 1 amide bonds. The number of likely N-dealkylation sites (tertiary alicyclic amines) is 1. The smallest absolute Gasteiger partial charge is 0.410 e. The second kappa shape index (κ2) is 8.50. The van der Waals surface area contributed by atoms with E-state index in [0.717, 1.165) is 17.5 Å². The van der Waals surface area contributed by atoms with E-state index in [-0.39, 0.29) is 29.6 Å². The fraction of sp³-hybridized carbons (Fsp3) is 0.522. The predicted molar refractivity (Wildman–Crippen MR) is 115 cm³/mol. The zero-order valence-electron chi connectivity index (χ0n) is 18.4. The van der Waals surface area contributed by atoms with Crippen molar-refractivity contribution in [1.82, 2.24) is 9.47 Å². The number of fused-ring (bicyclic) bond motifs is 1. The number of ether oxygens (including phenoxy) is 2. The summed E-state index contributed by atoms with van der Waals surface area (Å²) in [5, 5.41) is 0.502. The molecule has 0 radical (unpaired) electrons. The van der Waals surface area contributed by atoms with Crippen molar-refractivity contribution in [3.05, 3.63) is 45.7 Å². The van der Waals surface area contributed by atoms with Gasteiger partial charge in [0.2, 0.25) is 5.43 Å². The Labute approximate surface area is 176 Å². The topological polar surface area (TPSA) is 77.8 Å². The summed E-state index contributed by atoms with van der Waals surface area (Å²) in [6.45, 7) is 11.2. The number of aromatic nitrogens is 1. The lowest BCUT2D eigenvalue weighted by Crippen LogP contribution is -2.35. The van der Waals surface area contributed by atoms with Gasteiger partial charge in [-0.3, -0.25) is 4.79 Å². The first kappa shape index (κ1) is 21.9. The minimum atomic E-state index is -0.610. The van der Waals surface area contributed by atoms with E-state index in [0.29, 0.717) is 25.0 Å². The van der Waals surface area contributed by atoms with Gasteiger partial charge in [-0.1, -0.05) is 11.6 Å². The SMILES string of the molecule is CCOC(=O)c1cn(C[C@H]2CCN(C(=O)OC(C)(C)C)C2)c2ccc(C)cc2c1=O. The number of pyridine rings is 1. The van der Waals surface area contributed by atoms with E-state index in [1.165, 1.54) is 0 Å². The minimum Gasteiger partial charge on any atom is -0.462 e. The van der Waals surface area contributed by atoms with Crippen molar-refractivity contribution in [2.45, 2.75) is 53.2 Å². The second-order valence-corrected chi connectivity index (χ2v) is 8.85. The summed E-state index contributed by atoms with van der Waals surface area (Å²) < 4.78 is 12.5. The summed E-state index contributed by atoms with van der Waals surface area (Å²) >= 11 is 0. The highest BCUT2D eigenvalue weighted by Crippen LogP contribution is 2.23. The molecule has 1 aliphatic rings. The molecule has 162 valence electrons. The molecule has 0 bridgehead atoms. The number of rotatable bonds is 4. The molecule has 1 saturated heterocycles. The lowest BCUT2D eigenvalue weighted by molar-refractivity contribution is 0.0287. The highest BCUT2D eigenvalue weighted by molar-refractivity contribution is 5.93. The first-order valence-corrected chi connectivity index (χ1v) is 10.4. The van der Waals surface area contributed by atoms with Gasteiger partial charge in [0, 0.05) is 31.2 Å². The summed E-state index contributed by atoms with van der Waals surface area (Å²) in [6, 6.07) is 5.66. The molecular formula is C23H30N2O5. The van der Waals surface area contributed by atoms with Gasteiger partial charge in [-0.15, -0.1) is 0 Å². The summed E-state index contributed by atoms with van der Waals surface area (Å²) in [7, 11) is 0. The number of esters is 1. The third-order valence-electron chi connectivity index (χ3n) is 5.12. The van der Waals surface area contributed by atoms with Crippen LogP contribution in [0.5, 0.6) is 0 Å². The van der Waals surface area contributed by atoms with Crippen LogP contribution in [0.4, 0.5) is 4.79 Å². The molecule has 2 heterocycles. The summed E-state index contributed by atoms with van der Waals surface area (Å²) in [5.41, 5.74) is 0.914. The molecular weight excluding hydrogens is 384 g/mol. The molecule has 0 aliphatic carbocycles. The van der Waals surface area contributed by atoms with Crippen LogP contribution in [0, 0.1) is 12.8 Å². The Kier molecular flexibility index (Phi) is 6.19. The van der Waals surface area contributed by atoms with Crippen molar-refractivity contribution < 1.29 is 19.1 Å². The van der Waals surface area contributed by atoms with Gasteiger partial charge in [-0.25, -0.2) is 9.59 Å². The molecule has 7 heteroatoms. The molecule has 0 saturated carbocycles. The molecule has 2 aromatic rings. The number of aryl methyl sites for hydroxylation is 1. The lowest BCUT2D eigenvalue weighted by Gasteiger charge is -2.24. The Balaban J connectivity index is 1.89. The maximum absolute atomic E-state index is 12.9. The second-order valence-electron chi connectivity index (χ2n) is 8.85. The van der Waals surface area contributed by atoms with E-state index in [1.54, 1.807) is 24.1 Å². The zero-order chi connectivity index (χ0) is 22.1. The van der Waals surface area contributed by atoms with Gasteiger partial charge in [0.1, 0.15) is 11.2 Å². The Hall–Kier alpha value is -2.83. The van der Waals surface area contributed by atoms with Gasteiger partial charge in [-0.2, -0.15) is 0 Å². The number of hydrogen-bond acceptors (Lipinski definition) is 5. The van der Waals surface area contributed by atoms with Crippen LogP contribution in [0.3, 0.4) is 0 Å². The van der Waals surface area contributed by atoms with Crippen LogP contribution in [-0.2, 0) is 16.0 Å². The van der Waals surface area contributed by atoms with E-state index in [9.17, 15) is 14.4 Å². The van der Waals surface area contributed by atoms with E-state index < -0.39 is 11.6 Å². The van der Waals surface area contributed by atoms with Crippen LogP contribution in [-0.4, -0.2) is 46.8 Å². The lowest BCUT2D eigenvalue weighted by atomic mass is 10.1. The van der Waals surface area contributed by atoms with Crippen LogP contribution in [0.2, 0.25) is 0 Å². The summed E-state index contributed by atoms with van der Waals surface area (Å²) in [4.78, 5) is 39.3. The van der Waals surface area contributed by atoms with Gasteiger partial charge in [-0.05, 0) is 59.1 Å². The molecule has 0 spiro atoms. The van der Waals surface area contributed by atoms with Crippen molar-refractivity contribution in [2.24, 2.45) is 5.92 Å². The van der Waals surface area contributed by atoms with Crippen LogP contribution < -0.4 is 5.43 Å². The molecule has 1 aliphatic heterocycles. The molecule has 3 rings (SSSR count). The minimum absolute atomic E-state index is 0.0388. The van der Waals surface area contributed by atoms with Gasteiger partial charge >= 0.3 is 12.1 Å². The predicted octanol–water partition coefficient (Wildman–Crippen LogP) is 3.74. The van der Waals surface area contributed by atoms with Crippen LogP contribution in [0.15, 0.2) is 29.2 Å². The Morgan fingerprint density at radius 3 is 2.63 bits per heavy atom. The van der Waals surface area contributed by atoms with Crippen molar-refractivity contribution in [2.75, 3.05) is 19.7 Å². The monoisotopic (exact) mass is 414 g/mol. The highest BCUT2D eigenvalue weighted by Gasteiger charge is 2.30. The number of amides is 1. The van der Waals surface area contributed by atoms with Crippen molar-refractivity contribution >= 4 is 23.0 Å². The number of nitrogens with zero attached hydrogens (tertiary/aromatic N) is 2. The van der Waals surface area contributed by atoms with Crippen molar-refractivity contribution in [3.8, 4) is 0 Å². The Morgan fingerprint density at radius 2 is 1.97 bits per heavy atom. The number of benzene rings is 1. The first-order valence-electron chi connectivity index (χ1n) is 10.4. The molecule has 1 fully saturated rings. The maximum Gasteiger partial charge on any atom is 0.410 e. The van der Waals surface area contributed by atoms with E-state index in [2.05, 4.69) is 0 Å². The Morgan fingerprint density at radius 1 is 1.23 bits per heavy atom. The normalized spacial score (nSPS) is 16.7. The maximum atomic E-state index is 12.9. The zero-order valence-corrected chi connectivity index (χ0v) is 18.4. The summed E-state index contributed by atoms with van der Waals surface area (Å²) in [6.07, 6.45) is 2.11. The van der Waals surface area contributed by atoms with E-state index >= 15 is 0 Å². The third kappa shape index (κ3) is 4.83. The first-order chi connectivity index (χ1) is 14.1. The largest absolute Gasteiger partial charge is 0.462 e. The standard InChI is InChI=1S/C23H30N2O5/c1-6-29-21(27)18-14-25(19-8-7-15(2)11-17(19)20(18)26)13-16-9-10-24(12-16)22(28)30-23(3,4)5/h7-8,11,14,16H,6,9-10,12-13H2,1-5H3/t16-/m0/s1.